The summed E-state index contributed by atoms with van der Waals surface area (Å²) in [6.45, 7) is 6.34. The number of carbonyl (C=O) groups excluding carboxylic acids is 1. The van der Waals surface area contributed by atoms with E-state index in [0.717, 1.165) is 18.9 Å². The second-order valence-electron chi connectivity index (χ2n) is 12.5. The number of ether oxygens (including phenoxy) is 1. The standard InChI is InChI=1S/C32H27ClF2N6O2/c1-3-22(42)40-10-9-20-21(40)13-41(20)30-17-11-36-28(16-6-4-5-15-7-8-19(34)26(33)23(15)16)27(35)29(17)37-31(38-30)43-14-32-24-18(25(24)32)12-39(32)2/h3-8,11,18,20-21,24-25H,1,9-10,12-14H2,2H3/t18?,20-,21-,24-,25?,32?/m1/s1. The van der Waals surface area contributed by atoms with Crippen LogP contribution in [0.25, 0.3) is 32.9 Å². The van der Waals surface area contributed by atoms with Gasteiger partial charge in [-0.1, -0.05) is 42.4 Å². The number of benzene rings is 2. The highest BCUT2D eigenvalue weighted by Gasteiger charge is 2.90. The third-order valence-corrected chi connectivity index (χ3v) is 11.1. The summed E-state index contributed by atoms with van der Waals surface area (Å²) in [4.78, 5) is 32.6. The molecule has 3 unspecified atom stereocenters. The van der Waals surface area contributed by atoms with Crippen molar-refractivity contribution < 1.29 is 18.3 Å². The molecular formula is C32H27ClF2N6O2. The predicted molar refractivity (Wildman–Crippen MR) is 158 cm³/mol. The fourth-order valence-electron chi connectivity index (χ4n) is 8.44. The zero-order valence-electron chi connectivity index (χ0n) is 23.3. The number of pyridine rings is 1. The molecule has 8 nitrogen and oxygen atoms in total. The summed E-state index contributed by atoms with van der Waals surface area (Å²) >= 11 is 6.38. The molecule has 218 valence electrons. The Kier molecular flexibility index (Phi) is 5.12. The van der Waals surface area contributed by atoms with Crippen LogP contribution < -0.4 is 9.64 Å². The molecule has 2 aromatic carbocycles. The summed E-state index contributed by atoms with van der Waals surface area (Å²) in [5.74, 6) is 1.31. The number of halogens is 3. The molecule has 0 spiro atoms. The zero-order chi connectivity index (χ0) is 29.4. The SMILES string of the molecule is C=CC(=O)N1CC[C@@H]2[C@H]1CN2c1nc(OCC23C4C(CN2C)[C@H]43)nc2c(F)c(-c3cccc4ccc(F)c(Cl)c34)ncc12. The van der Waals surface area contributed by atoms with Crippen LogP contribution in [-0.2, 0) is 4.79 Å². The van der Waals surface area contributed by atoms with E-state index in [1.165, 1.54) is 12.1 Å². The molecule has 2 aliphatic carbocycles. The number of hydrogen-bond donors (Lipinski definition) is 0. The highest BCUT2D eigenvalue weighted by molar-refractivity contribution is 6.36. The molecule has 10 rings (SSSR count). The van der Waals surface area contributed by atoms with Crippen molar-refractivity contribution in [1.82, 2.24) is 24.8 Å². The Bertz CT molecular complexity index is 1910. The lowest BCUT2D eigenvalue weighted by molar-refractivity contribution is -0.127. The molecule has 2 bridgehead atoms. The van der Waals surface area contributed by atoms with Crippen LogP contribution in [0.5, 0.6) is 6.01 Å². The van der Waals surface area contributed by atoms with Gasteiger partial charge in [-0.2, -0.15) is 9.97 Å². The lowest BCUT2D eigenvalue weighted by atomic mass is 9.96. The van der Waals surface area contributed by atoms with E-state index in [4.69, 9.17) is 21.3 Å². The van der Waals surface area contributed by atoms with Crippen LogP contribution in [0.3, 0.4) is 0 Å². The average Bonchev–Trinajstić information content (AvgIpc) is 3.78. The maximum absolute atomic E-state index is 16.6. The van der Waals surface area contributed by atoms with Crippen molar-refractivity contribution in [2.24, 2.45) is 17.8 Å². The lowest BCUT2D eigenvalue weighted by Crippen LogP contribution is -2.63. The van der Waals surface area contributed by atoms with Crippen LogP contribution in [0, 0.1) is 29.4 Å². The van der Waals surface area contributed by atoms with Gasteiger partial charge in [-0.3, -0.25) is 14.7 Å². The molecule has 43 heavy (non-hydrogen) atoms. The molecule has 6 fully saturated rings. The molecule has 2 aromatic heterocycles. The van der Waals surface area contributed by atoms with E-state index in [0.29, 0.717) is 59.1 Å². The van der Waals surface area contributed by atoms with Gasteiger partial charge in [0.05, 0.1) is 28.0 Å². The Morgan fingerprint density at radius 2 is 2.02 bits per heavy atom. The van der Waals surface area contributed by atoms with E-state index in [9.17, 15) is 9.18 Å². The van der Waals surface area contributed by atoms with Gasteiger partial charge in [0.2, 0.25) is 5.91 Å². The smallest absolute Gasteiger partial charge is 0.319 e. The molecule has 11 heteroatoms. The first-order valence-electron chi connectivity index (χ1n) is 14.6. The minimum atomic E-state index is -0.656. The third-order valence-electron chi connectivity index (χ3n) is 10.7. The summed E-state index contributed by atoms with van der Waals surface area (Å²) in [7, 11) is 2.13. The van der Waals surface area contributed by atoms with Crippen molar-refractivity contribution in [3.8, 4) is 17.3 Å². The molecule has 1 amide bonds. The molecule has 4 aliphatic heterocycles. The number of nitrogens with zero attached hydrogens (tertiary/aromatic N) is 6. The first-order chi connectivity index (χ1) is 20.8. The van der Waals surface area contributed by atoms with Crippen molar-refractivity contribution in [2.75, 3.05) is 38.2 Å². The Morgan fingerprint density at radius 1 is 1.19 bits per heavy atom. The quantitative estimate of drug-likeness (QED) is 0.297. The Morgan fingerprint density at radius 3 is 2.79 bits per heavy atom. The molecule has 4 saturated heterocycles. The Hall–Kier alpha value is -3.89. The van der Waals surface area contributed by atoms with Gasteiger partial charge >= 0.3 is 6.01 Å². The van der Waals surface area contributed by atoms with E-state index in [1.54, 1.807) is 30.5 Å². The number of rotatable bonds is 6. The van der Waals surface area contributed by atoms with Crippen molar-refractivity contribution in [3.63, 3.8) is 0 Å². The van der Waals surface area contributed by atoms with Gasteiger partial charge in [0.15, 0.2) is 5.82 Å². The van der Waals surface area contributed by atoms with Gasteiger partial charge in [0, 0.05) is 36.8 Å². The average molecular weight is 601 g/mol. The van der Waals surface area contributed by atoms with Crippen LogP contribution in [0.4, 0.5) is 14.6 Å². The van der Waals surface area contributed by atoms with Gasteiger partial charge in [-0.05, 0) is 48.8 Å². The van der Waals surface area contributed by atoms with Crippen LogP contribution in [0.15, 0.2) is 49.2 Å². The van der Waals surface area contributed by atoms with Crippen LogP contribution in [0.1, 0.15) is 6.42 Å². The van der Waals surface area contributed by atoms with E-state index >= 15 is 4.39 Å². The highest BCUT2D eigenvalue weighted by atomic mass is 35.5. The maximum Gasteiger partial charge on any atom is 0.319 e. The van der Waals surface area contributed by atoms with E-state index in [-0.39, 0.29) is 45.8 Å². The number of anilines is 1. The molecule has 4 aromatic rings. The van der Waals surface area contributed by atoms with E-state index in [1.807, 2.05) is 4.90 Å². The number of fused-ring (bicyclic) bond motifs is 4. The maximum atomic E-state index is 16.6. The predicted octanol–water partition coefficient (Wildman–Crippen LogP) is 4.69. The number of carbonyl (C=O) groups is 1. The number of aromatic nitrogens is 3. The Balaban J connectivity index is 1.15. The largest absolute Gasteiger partial charge is 0.461 e. The van der Waals surface area contributed by atoms with E-state index in [2.05, 4.69) is 33.4 Å². The number of piperidine rings is 1. The van der Waals surface area contributed by atoms with Gasteiger partial charge in [-0.25, -0.2) is 8.78 Å². The van der Waals surface area contributed by atoms with Gasteiger partial charge < -0.3 is 14.5 Å². The molecular weight excluding hydrogens is 574 g/mol. The molecule has 6 atom stereocenters. The van der Waals surface area contributed by atoms with Crippen LogP contribution >= 0.6 is 11.6 Å². The number of amides is 1. The van der Waals surface area contributed by atoms with Crippen molar-refractivity contribution in [2.45, 2.75) is 24.0 Å². The first kappa shape index (κ1) is 25.6. The fourth-order valence-corrected chi connectivity index (χ4v) is 8.71. The van der Waals surface area contributed by atoms with Gasteiger partial charge in [0.25, 0.3) is 0 Å². The summed E-state index contributed by atoms with van der Waals surface area (Å²) in [6.07, 6.45) is 3.67. The second-order valence-corrected chi connectivity index (χ2v) is 12.8. The molecule has 6 aliphatic rings. The number of hydrogen-bond acceptors (Lipinski definition) is 7. The molecule has 6 heterocycles. The topological polar surface area (TPSA) is 74.7 Å². The molecule has 0 radical (unpaired) electrons. The highest BCUT2D eigenvalue weighted by Crippen LogP contribution is 2.82. The monoisotopic (exact) mass is 600 g/mol. The normalized spacial score (nSPS) is 29.9. The van der Waals surface area contributed by atoms with Gasteiger partial charge in [0.1, 0.15) is 29.5 Å². The summed E-state index contributed by atoms with van der Waals surface area (Å²) in [5.41, 5.74) is 0.504. The zero-order valence-corrected chi connectivity index (χ0v) is 24.1. The third kappa shape index (κ3) is 3.28. The van der Waals surface area contributed by atoms with Crippen molar-refractivity contribution in [1.29, 1.82) is 0 Å². The first-order valence-corrected chi connectivity index (χ1v) is 15.0. The summed E-state index contributed by atoms with van der Waals surface area (Å²) in [5, 5.41) is 1.42. The van der Waals surface area contributed by atoms with Crippen molar-refractivity contribution in [3.05, 3.63) is 65.8 Å². The summed E-state index contributed by atoms with van der Waals surface area (Å²) < 4.78 is 37.4. The minimum Gasteiger partial charge on any atom is -0.461 e. The van der Waals surface area contributed by atoms with E-state index < -0.39 is 11.6 Å². The summed E-state index contributed by atoms with van der Waals surface area (Å²) in [6, 6.07) is 8.32. The molecule has 0 N–H and O–H groups in total. The lowest BCUT2D eigenvalue weighted by Gasteiger charge is -2.47. The Labute approximate surface area is 250 Å². The minimum absolute atomic E-state index is 0.0201. The van der Waals surface area contributed by atoms with Crippen molar-refractivity contribution >= 4 is 45.0 Å². The van der Waals surface area contributed by atoms with Crippen LogP contribution in [-0.4, -0.2) is 81.6 Å². The fraction of sp³-hybridized carbons (Fsp3) is 0.375. The number of likely N-dealkylation sites (tertiary alicyclic amines) is 1. The second kappa shape index (κ2) is 8.60. The number of likely N-dealkylation sites (N-methyl/N-ethyl adjacent to an activating group) is 1. The molecule has 2 saturated carbocycles. The van der Waals surface area contributed by atoms with Crippen LogP contribution in [0.2, 0.25) is 5.02 Å². The van der Waals surface area contributed by atoms with Gasteiger partial charge in [-0.15, -0.1) is 0 Å².